The minimum absolute atomic E-state index is 0.322. The van der Waals surface area contributed by atoms with Gasteiger partial charge in [0.2, 0.25) is 0 Å². The molecule has 0 unspecified atom stereocenters. The lowest BCUT2D eigenvalue weighted by Gasteiger charge is -2.11. The van der Waals surface area contributed by atoms with Crippen LogP contribution in [0, 0.1) is 4.77 Å². The normalized spacial score (nSPS) is 14.4. The lowest BCUT2D eigenvalue weighted by atomic mass is 10.3. The first-order valence-corrected chi connectivity index (χ1v) is 4.40. The number of aromatic nitrogens is 2. The van der Waals surface area contributed by atoms with Crippen molar-refractivity contribution in [3.8, 4) is 0 Å². The summed E-state index contributed by atoms with van der Waals surface area (Å²) in [6.45, 7) is 5.72. The molecule has 2 rings (SSSR count). The molecular formula is C8H9N5S. The summed E-state index contributed by atoms with van der Waals surface area (Å²) in [7, 11) is 0. The van der Waals surface area contributed by atoms with Crippen LogP contribution in [0.25, 0.3) is 12.3 Å². The molecule has 1 aromatic heterocycles. The maximum absolute atomic E-state index is 5.55. The summed E-state index contributed by atoms with van der Waals surface area (Å²) in [4.78, 5) is 11.0. The van der Waals surface area contributed by atoms with Gasteiger partial charge >= 0.3 is 0 Å². The first-order chi connectivity index (χ1) is 6.58. The topological polar surface area (TPSA) is 79.1 Å². The number of rotatable bonds is 0. The molecule has 0 spiro atoms. The number of nitrogens with zero attached hydrogens (tertiary/aromatic N) is 2. The van der Waals surface area contributed by atoms with Crippen LogP contribution in [0.15, 0.2) is 4.99 Å². The highest BCUT2D eigenvalue weighted by Crippen LogP contribution is 2.01. The summed E-state index contributed by atoms with van der Waals surface area (Å²) in [5.41, 5.74) is 6.43. The highest BCUT2D eigenvalue weighted by molar-refractivity contribution is 7.71. The van der Waals surface area contributed by atoms with E-state index in [0.29, 0.717) is 21.9 Å². The van der Waals surface area contributed by atoms with E-state index in [2.05, 4.69) is 26.9 Å². The molecule has 0 bridgehead atoms. The number of guanidine groups is 1. The Labute approximate surface area is 85.1 Å². The summed E-state index contributed by atoms with van der Waals surface area (Å²) < 4.78 is 0.361. The standard InChI is InChI=1S/C8H9N5S/c1-3-5-4(2)11-8(14)13-6(5)12-7(9)10-3/h2H2,1H3,(H4,9,10,11,12,13,14). The van der Waals surface area contributed by atoms with Crippen LogP contribution in [-0.4, -0.2) is 15.9 Å². The van der Waals surface area contributed by atoms with Crippen molar-refractivity contribution >= 4 is 36.3 Å². The van der Waals surface area contributed by atoms with E-state index in [-0.39, 0.29) is 0 Å². The van der Waals surface area contributed by atoms with Crippen molar-refractivity contribution < 1.29 is 0 Å². The second-order valence-corrected chi connectivity index (χ2v) is 3.35. The highest BCUT2D eigenvalue weighted by Gasteiger charge is 2.08. The number of hydrogen-bond acceptors (Lipinski definition) is 5. The first kappa shape index (κ1) is 8.89. The van der Waals surface area contributed by atoms with Crippen LogP contribution in [0.3, 0.4) is 0 Å². The van der Waals surface area contributed by atoms with Gasteiger partial charge < -0.3 is 16.0 Å². The van der Waals surface area contributed by atoms with Crippen molar-refractivity contribution in [2.24, 2.45) is 10.7 Å². The number of nitrogens with two attached hydrogens (primary N) is 1. The molecule has 1 aromatic rings. The van der Waals surface area contributed by atoms with Gasteiger partial charge in [-0.3, -0.25) is 0 Å². The maximum atomic E-state index is 5.55. The largest absolute Gasteiger partial charge is 0.369 e. The number of aromatic amines is 1. The minimum atomic E-state index is 0.322. The molecule has 2 heterocycles. The quantitative estimate of drug-likeness (QED) is 0.488. The number of hydrogen-bond donors (Lipinski definition) is 3. The Morgan fingerprint density at radius 2 is 2.21 bits per heavy atom. The predicted octanol–water partition coefficient (Wildman–Crippen LogP) is -0.773. The van der Waals surface area contributed by atoms with Gasteiger partial charge in [-0.25, -0.2) is 0 Å². The fourth-order valence-corrected chi connectivity index (χ4v) is 1.59. The van der Waals surface area contributed by atoms with Crippen molar-refractivity contribution in [3.05, 3.63) is 15.3 Å². The number of aliphatic imine (C=N–C) groups is 1. The lowest BCUT2D eigenvalue weighted by molar-refractivity contribution is 1.02. The number of fused-ring (bicyclic) bond motifs is 1. The van der Waals surface area contributed by atoms with Crippen LogP contribution in [0.4, 0.5) is 5.82 Å². The lowest BCUT2D eigenvalue weighted by Crippen LogP contribution is -2.42. The molecule has 72 valence electrons. The number of nitrogens with one attached hydrogen (secondary N) is 2. The van der Waals surface area contributed by atoms with Gasteiger partial charge in [-0.2, -0.15) is 9.98 Å². The molecule has 5 nitrogen and oxygen atoms in total. The molecule has 6 heteroatoms. The SMILES string of the molecule is C=c1[nH]c(=S)nc2c1=C(C)NC(N)=N2. The van der Waals surface area contributed by atoms with E-state index in [9.17, 15) is 0 Å². The van der Waals surface area contributed by atoms with Crippen LogP contribution in [0.1, 0.15) is 6.92 Å². The highest BCUT2D eigenvalue weighted by atomic mass is 32.1. The minimum Gasteiger partial charge on any atom is -0.369 e. The van der Waals surface area contributed by atoms with Crippen LogP contribution in [-0.2, 0) is 0 Å². The average molecular weight is 207 g/mol. The third kappa shape index (κ3) is 1.29. The molecule has 0 aromatic carbocycles. The molecule has 0 fully saturated rings. The van der Waals surface area contributed by atoms with Crippen LogP contribution < -0.4 is 21.6 Å². The zero-order valence-corrected chi connectivity index (χ0v) is 8.40. The molecule has 4 N–H and O–H groups in total. The van der Waals surface area contributed by atoms with Gasteiger partial charge in [0.1, 0.15) is 0 Å². The summed E-state index contributed by atoms with van der Waals surface area (Å²) in [5, 5.41) is 4.43. The Bertz CT molecular complexity index is 583. The van der Waals surface area contributed by atoms with Gasteiger partial charge in [0.05, 0.1) is 5.22 Å². The Kier molecular flexibility index (Phi) is 1.85. The summed E-state index contributed by atoms with van der Waals surface area (Å²) in [5.74, 6) is 0.843. The van der Waals surface area contributed by atoms with Gasteiger partial charge in [0.15, 0.2) is 16.5 Å². The molecular weight excluding hydrogens is 198 g/mol. The Morgan fingerprint density at radius 3 is 2.93 bits per heavy atom. The molecule has 0 atom stereocenters. The molecule has 0 amide bonds. The van der Waals surface area contributed by atoms with Gasteiger partial charge in [-0.05, 0) is 19.1 Å². The first-order valence-electron chi connectivity index (χ1n) is 3.99. The van der Waals surface area contributed by atoms with E-state index in [1.54, 1.807) is 0 Å². The monoisotopic (exact) mass is 207 g/mol. The zero-order chi connectivity index (χ0) is 10.3. The van der Waals surface area contributed by atoms with Crippen LogP contribution in [0.2, 0.25) is 0 Å². The summed E-state index contributed by atoms with van der Waals surface area (Å²) >= 11 is 4.92. The second kappa shape index (κ2) is 2.91. The third-order valence-electron chi connectivity index (χ3n) is 1.91. The summed E-state index contributed by atoms with van der Waals surface area (Å²) in [6.07, 6.45) is 0. The second-order valence-electron chi connectivity index (χ2n) is 2.97. The predicted molar refractivity (Wildman–Crippen MR) is 57.7 cm³/mol. The fourth-order valence-electron chi connectivity index (χ4n) is 1.38. The maximum Gasteiger partial charge on any atom is 0.199 e. The van der Waals surface area contributed by atoms with Gasteiger partial charge in [0.25, 0.3) is 0 Å². The van der Waals surface area contributed by atoms with E-state index >= 15 is 0 Å². The Hall–Kier alpha value is -1.69. The molecule has 1 aliphatic rings. The van der Waals surface area contributed by atoms with Gasteiger partial charge in [0, 0.05) is 11.0 Å². The molecule has 0 aliphatic carbocycles. The van der Waals surface area contributed by atoms with Crippen molar-refractivity contribution in [2.75, 3.05) is 0 Å². The summed E-state index contributed by atoms with van der Waals surface area (Å²) in [6, 6.07) is 0. The zero-order valence-electron chi connectivity index (χ0n) is 7.59. The van der Waals surface area contributed by atoms with Gasteiger partial charge in [-0.1, -0.05) is 6.58 Å². The molecule has 14 heavy (non-hydrogen) atoms. The third-order valence-corrected chi connectivity index (χ3v) is 2.10. The Balaban J connectivity index is 2.97. The smallest absolute Gasteiger partial charge is 0.199 e. The average Bonchev–Trinajstić information content (AvgIpc) is 1.99. The van der Waals surface area contributed by atoms with Gasteiger partial charge in [-0.15, -0.1) is 0 Å². The van der Waals surface area contributed by atoms with Crippen molar-refractivity contribution in [3.63, 3.8) is 0 Å². The van der Waals surface area contributed by atoms with Crippen LogP contribution in [0.5, 0.6) is 0 Å². The van der Waals surface area contributed by atoms with Crippen LogP contribution >= 0.6 is 12.2 Å². The van der Waals surface area contributed by atoms with E-state index in [1.807, 2.05) is 6.92 Å². The Morgan fingerprint density at radius 1 is 1.50 bits per heavy atom. The fraction of sp³-hybridized carbons (Fsp3) is 0.125. The molecule has 1 aliphatic heterocycles. The molecule has 0 saturated heterocycles. The van der Waals surface area contributed by atoms with Crippen molar-refractivity contribution in [2.45, 2.75) is 6.92 Å². The number of H-pyrrole nitrogens is 1. The molecule has 0 saturated carbocycles. The van der Waals surface area contributed by atoms with E-state index in [0.717, 1.165) is 10.9 Å². The van der Waals surface area contributed by atoms with E-state index < -0.39 is 0 Å². The van der Waals surface area contributed by atoms with E-state index in [1.165, 1.54) is 0 Å². The molecule has 0 radical (unpaired) electrons. The van der Waals surface area contributed by atoms with Crippen molar-refractivity contribution in [1.29, 1.82) is 0 Å². The van der Waals surface area contributed by atoms with E-state index in [4.69, 9.17) is 18.0 Å². The van der Waals surface area contributed by atoms with Crippen molar-refractivity contribution in [1.82, 2.24) is 15.3 Å².